The Morgan fingerprint density at radius 1 is 1.40 bits per heavy atom. The van der Waals surface area contributed by atoms with E-state index in [9.17, 15) is 9.59 Å². The van der Waals surface area contributed by atoms with Crippen LogP contribution < -0.4 is 15.8 Å². The maximum Gasteiger partial charge on any atom is 0.263 e. The number of hydrogen-bond acceptors (Lipinski definition) is 5. The van der Waals surface area contributed by atoms with Crippen molar-refractivity contribution >= 4 is 17.6 Å². The van der Waals surface area contributed by atoms with Crippen LogP contribution in [0.3, 0.4) is 0 Å². The summed E-state index contributed by atoms with van der Waals surface area (Å²) in [7, 11) is 1.56. The summed E-state index contributed by atoms with van der Waals surface area (Å²) < 4.78 is 6.58. The number of ether oxygens (including phenoxy) is 1. The highest BCUT2D eigenvalue weighted by molar-refractivity contribution is 6.11. The van der Waals surface area contributed by atoms with E-state index in [-0.39, 0.29) is 23.7 Å². The van der Waals surface area contributed by atoms with Crippen LogP contribution >= 0.6 is 0 Å². The first-order valence-electron chi connectivity index (χ1n) is 5.96. The van der Waals surface area contributed by atoms with Gasteiger partial charge in [-0.3, -0.25) is 14.9 Å². The van der Waals surface area contributed by atoms with Crippen molar-refractivity contribution in [3.8, 4) is 11.4 Å². The van der Waals surface area contributed by atoms with Gasteiger partial charge in [-0.15, -0.1) is 0 Å². The lowest BCUT2D eigenvalue weighted by Crippen LogP contribution is -2.37. The maximum absolute atomic E-state index is 11.8. The summed E-state index contributed by atoms with van der Waals surface area (Å²) in [5.74, 6) is -0.0326. The molecule has 1 aromatic heterocycles. The third kappa shape index (κ3) is 1.80. The number of amides is 2. The molecule has 0 fully saturated rings. The number of aromatic nitrogens is 2. The average Bonchev–Trinajstić information content (AvgIpc) is 2.76. The Balaban J connectivity index is 2.14. The highest BCUT2D eigenvalue weighted by Gasteiger charge is 2.29. The molecular formula is C13H12N4O3. The number of nitrogens with zero attached hydrogens (tertiary/aromatic N) is 2. The van der Waals surface area contributed by atoms with Gasteiger partial charge in [0, 0.05) is 6.07 Å². The summed E-state index contributed by atoms with van der Waals surface area (Å²) in [6.07, 6.45) is 0.0439. The third-order valence-electron chi connectivity index (χ3n) is 3.10. The van der Waals surface area contributed by atoms with Gasteiger partial charge >= 0.3 is 0 Å². The first-order chi connectivity index (χ1) is 9.60. The second-order valence-electron chi connectivity index (χ2n) is 4.37. The molecule has 0 saturated heterocycles. The zero-order valence-electron chi connectivity index (χ0n) is 10.7. The Morgan fingerprint density at radius 2 is 2.20 bits per heavy atom. The van der Waals surface area contributed by atoms with E-state index in [1.54, 1.807) is 31.4 Å². The highest BCUT2D eigenvalue weighted by Crippen LogP contribution is 2.25. The van der Waals surface area contributed by atoms with E-state index in [0.717, 1.165) is 0 Å². The Hall–Kier alpha value is -2.83. The number of imide groups is 1. The topological polar surface area (TPSA) is 99.2 Å². The summed E-state index contributed by atoms with van der Waals surface area (Å²) in [4.78, 5) is 23.1. The van der Waals surface area contributed by atoms with Crippen LogP contribution in [0.25, 0.3) is 5.69 Å². The van der Waals surface area contributed by atoms with E-state index in [0.29, 0.717) is 17.1 Å². The number of methoxy groups -OCH3 is 1. The van der Waals surface area contributed by atoms with Crippen molar-refractivity contribution in [1.82, 2.24) is 15.1 Å². The number of hydrogen-bond donors (Lipinski definition) is 2. The number of carbonyl (C=O) groups excluding carboxylic acids is 2. The molecule has 1 aliphatic heterocycles. The van der Waals surface area contributed by atoms with Crippen molar-refractivity contribution in [3.63, 3.8) is 0 Å². The molecule has 0 spiro atoms. The second kappa shape index (κ2) is 4.37. The number of rotatable bonds is 2. The van der Waals surface area contributed by atoms with Crippen LogP contribution in [0.5, 0.6) is 5.75 Å². The molecule has 102 valence electrons. The lowest BCUT2D eigenvalue weighted by Gasteiger charge is -2.09. The maximum atomic E-state index is 11.8. The molecule has 0 atom stereocenters. The lowest BCUT2D eigenvalue weighted by molar-refractivity contribution is -0.119. The standard InChI is InChI=1S/C13H12N4O3/c1-20-8-4-2-3-7(5-8)17-12(14)11-9(16-17)6-10(18)15-13(11)19/h2-5H,6,14H2,1H3,(H,15,18,19). The molecule has 7 heteroatoms. The molecule has 7 nitrogen and oxygen atoms in total. The third-order valence-corrected chi connectivity index (χ3v) is 3.10. The quantitative estimate of drug-likeness (QED) is 0.765. The number of benzene rings is 1. The predicted octanol–water partition coefficient (Wildman–Crippen LogP) is 0.276. The summed E-state index contributed by atoms with van der Waals surface area (Å²) in [5, 5.41) is 6.48. The molecule has 1 aromatic carbocycles. The molecule has 20 heavy (non-hydrogen) atoms. The Bertz CT molecular complexity index is 720. The van der Waals surface area contributed by atoms with Gasteiger partial charge in [0.05, 0.1) is 24.9 Å². The Kier molecular flexibility index (Phi) is 2.67. The minimum absolute atomic E-state index is 0.0439. The lowest BCUT2D eigenvalue weighted by atomic mass is 10.1. The molecule has 0 saturated carbocycles. The van der Waals surface area contributed by atoms with Gasteiger partial charge in [0.2, 0.25) is 5.91 Å². The number of fused-ring (bicyclic) bond motifs is 1. The van der Waals surface area contributed by atoms with Crippen molar-refractivity contribution in [2.24, 2.45) is 0 Å². The highest BCUT2D eigenvalue weighted by atomic mass is 16.5. The Morgan fingerprint density at radius 3 is 2.95 bits per heavy atom. The van der Waals surface area contributed by atoms with Crippen molar-refractivity contribution in [1.29, 1.82) is 0 Å². The fourth-order valence-electron chi connectivity index (χ4n) is 2.17. The van der Waals surface area contributed by atoms with Crippen LogP contribution in [-0.4, -0.2) is 28.7 Å². The molecular weight excluding hydrogens is 260 g/mol. The van der Waals surface area contributed by atoms with Gasteiger partial charge in [-0.2, -0.15) is 5.10 Å². The van der Waals surface area contributed by atoms with E-state index in [2.05, 4.69) is 10.4 Å². The molecule has 2 heterocycles. The van der Waals surface area contributed by atoms with Crippen LogP contribution in [-0.2, 0) is 11.2 Å². The molecule has 0 bridgehead atoms. The van der Waals surface area contributed by atoms with E-state index < -0.39 is 5.91 Å². The van der Waals surface area contributed by atoms with Crippen molar-refractivity contribution < 1.29 is 14.3 Å². The summed E-state index contributed by atoms with van der Waals surface area (Å²) >= 11 is 0. The molecule has 0 unspecified atom stereocenters. The zero-order chi connectivity index (χ0) is 14.3. The van der Waals surface area contributed by atoms with Crippen LogP contribution in [0.15, 0.2) is 24.3 Å². The predicted molar refractivity (Wildman–Crippen MR) is 70.7 cm³/mol. The van der Waals surface area contributed by atoms with Crippen molar-refractivity contribution in [3.05, 3.63) is 35.5 Å². The van der Waals surface area contributed by atoms with Gasteiger partial charge in [0.15, 0.2) is 0 Å². The monoisotopic (exact) mass is 272 g/mol. The van der Waals surface area contributed by atoms with Gasteiger partial charge in [-0.25, -0.2) is 4.68 Å². The summed E-state index contributed by atoms with van der Waals surface area (Å²) in [6, 6.07) is 7.12. The zero-order valence-corrected chi connectivity index (χ0v) is 10.7. The molecule has 2 amide bonds. The van der Waals surface area contributed by atoms with Crippen LogP contribution in [0.2, 0.25) is 0 Å². The number of anilines is 1. The van der Waals surface area contributed by atoms with Gasteiger partial charge in [-0.1, -0.05) is 6.07 Å². The van der Waals surface area contributed by atoms with Gasteiger partial charge < -0.3 is 10.5 Å². The fourth-order valence-corrected chi connectivity index (χ4v) is 2.17. The van der Waals surface area contributed by atoms with Crippen LogP contribution in [0.4, 0.5) is 5.82 Å². The molecule has 0 radical (unpaired) electrons. The number of carbonyl (C=O) groups is 2. The largest absolute Gasteiger partial charge is 0.497 e. The van der Waals surface area contributed by atoms with Gasteiger partial charge in [0.1, 0.15) is 17.1 Å². The van der Waals surface area contributed by atoms with Crippen molar-refractivity contribution in [2.45, 2.75) is 6.42 Å². The van der Waals surface area contributed by atoms with Crippen LogP contribution in [0.1, 0.15) is 16.1 Å². The van der Waals surface area contributed by atoms with E-state index in [1.807, 2.05) is 0 Å². The number of nitrogen functional groups attached to an aromatic ring is 1. The minimum Gasteiger partial charge on any atom is -0.497 e. The summed E-state index contributed by atoms with van der Waals surface area (Å²) in [6.45, 7) is 0. The van der Waals surface area contributed by atoms with Gasteiger partial charge in [-0.05, 0) is 12.1 Å². The molecule has 2 aromatic rings. The molecule has 0 aliphatic carbocycles. The fraction of sp³-hybridized carbons (Fsp3) is 0.154. The normalized spacial score (nSPS) is 13.8. The van der Waals surface area contributed by atoms with Gasteiger partial charge in [0.25, 0.3) is 5.91 Å². The Labute approximate surface area is 114 Å². The number of nitrogens with two attached hydrogens (primary N) is 1. The smallest absolute Gasteiger partial charge is 0.263 e. The molecule has 3 rings (SSSR count). The molecule has 1 aliphatic rings. The van der Waals surface area contributed by atoms with E-state index in [4.69, 9.17) is 10.5 Å². The van der Waals surface area contributed by atoms with Crippen molar-refractivity contribution in [2.75, 3.05) is 12.8 Å². The van der Waals surface area contributed by atoms with E-state index in [1.165, 1.54) is 4.68 Å². The summed E-state index contributed by atoms with van der Waals surface area (Å²) in [5.41, 5.74) is 7.28. The van der Waals surface area contributed by atoms with E-state index >= 15 is 0 Å². The SMILES string of the molecule is COc1cccc(-n2nc3c(c2N)C(=O)NC(=O)C3)c1. The second-order valence-corrected chi connectivity index (χ2v) is 4.37. The first kappa shape index (κ1) is 12.2. The minimum atomic E-state index is -0.511. The number of nitrogens with one attached hydrogen (secondary N) is 1. The molecule has 3 N–H and O–H groups in total. The van der Waals surface area contributed by atoms with Crippen LogP contribution in [0, 0.1) is 0 Å². The average molecular weight is 272 g/mol. The first-order valence-corrected chi connectivity index (χ1v) is 5.96.